The third kappa shape index (κ3) is 1.91. The van der Waals surface area contributed by atoms with Crippen LogP contribution in [0, 0.1) is 0 Å². The fourth-order valence-corrected chi connectivity index (χ4v) is 2.89. The van der Waals surface area contributed by atoms with Crippen LogP contribution in [0.1, 0.15) is 10.7 Å². The van der Waals surface area contributed by atoms with Crippen molar-refractivity contribution in [2.75, 3.05) is 0 Å². The second kappa shape index (κ2) is 3.89. The van der Waals surface area contributed by atoms with Gasteiger partial charge in [-0.05, 0) is 30.3 Å². The van der Waals surface area contributed by atoms with E-state index in [9.17, 15) is 5.11 Å². The number of nitrogens with zero attached hydrogens (tertiary/aromatic N) is 2. The monoisotopic (exact) mass is 244 g/mol. The van der Waals surface area contributed by atoms with E-state index in [1.165, 1.54) is 5.69 Å². The van der Waals surface area contributed by atoms with Crippen molar-refractivity contribution in [2.24, 2.45) is 7.05 Å². The number of rotatable bonds is 2. The van der Waals surface area contributed by atoms with E-state index in [0.717, 1.165) is 21.6 Å². The van der Waals surface area contributed by atoms with Gasteiger partial charge in [-0.1, -0.05) is 0 Å². The van der Waals surface area contributed by atoms with Crippen molar-refractivity contribution in [2.45, 2.75) is 6.42 Å². The van der Waals surface area contributed by atoms with Crippen LogP contribution in [0.4, 0.5) is 0 Å². The SMILES string of the molecule is Cn1cccc1Cc1nc2ccc(O)cc2s1. The van der Waals surface area contributed by atoms with E-state index < -0.39 is 0 Å². The van der Waals surface area contributed by atoms with E-state index in [4.69, 9.17) is 0 Å². The molecule has 2 heterocycles. The lowest BCUT2D eigenvalue weighted by Crippen LogP contribution is -1.95. The molecule has 2 aromatic heterocycles. The van der Waals surface area contributed by atoms with Crippen LogP contribution in [0.25, 0.3) is 10.2 Å². The Kier molecular flexibility index (Phi) is 2.37. The molecule has 3 rings (SSSR count). The van der Waals surface area contributed by atoms with Crippen molar-refractivity contribution in [3.8, 4) is 5.75 Å². The van der Waals surface area contributed by atoms with Gasteiger partial charge in [0.2, 0.25) is 0 Å². The summed E-state index contributed by atoms with van der Waals surface area (Å²) in [6, 6.07) is 9.43. The number of aromatic hydroxyl groups is 1. The standard InChI is InChI=1S/C13H12N2OS/c1-15-6-2-3-9(15)7-13-14-11-5-4-10(16)8-12(11)17-13/h2-6,8,16H,7H2,1H3. The molecule has 0 saturated carbocycles. The minimum Gasteiger partial charge on any atom is -0.508 e. The van der Waals surface area contributed by atoms with Gasteiger partial charge in [0.1, 0.15) is 5.75 Å². The van der Waals surface area contributed by atoms with Crippen LogP contribution in [0.3, 0.4) is 0 Å². The van der Waals surface area contributed by atoms with Crippen molar-refractivity contribution in [1.82, 2.24) is 9.55 Å². The molecule has 0 saturated heterocycles. The molecule has 0 spiro atoms. The molecule has 0 radical (unpaired) electrons. The Labute approximate surface area is 103 Å². The Morgan fingerprint density at radius 2 is 2.24 bits per heavy atom. The van der Waals surface area contributed by atoms with E-state index >= 15 is 0 Å². The molecule has 1 aromatic carbocycles. The molecule has 0 bridgehead atoms. The molecule has 0 atom stereocenters. The quantitative estimate of drug-likeness (QED) is 0.752. The maximum Gasteiger partial charge on any atom is 0.117 e. The first-order chi connectivity index (χ1) is 8.22. The molecule has 0 aliphatic carbocycles. The lowest BCUT2D eigenvalue weighted by molar-refractivity contribution is 0.476. The normalized spacial score (nSPS) is 11.1. The first kappa shape index (κ1) is 10.4. The predicted octanol–water partition coefficient (Wildman–Crippen LogP) is 2.93. The zero-order chi connectivity index (χ0) is 11.8. The van der Waals surface area contributed by atoms with Crippen LogP contribution < -0.4 is 0 Å². The van der Waals surface area contributed by atoms with E-state index in [1.807, 2.05) is 25.4 Å². The molecule has 0 unspecified atom stereocenters. The molecular weight excluding hydrogens is 232 g/mol. The van der Waals surface area contributed by atoms with Gasteiger partial charge in [0.25, 0.3) is 0 Å². The smallest absolute Gasteiger partial charge is 0.117 e. The lowest BCUT2D eigenvalue weighted by Gasteiger charge is -1.99. The number of thiazole rings is 1. The van der Waals surface area contributed by atoms with Crippen LogP contribution in [0.2, 0.25) is 0 Å². The van der Waals surface area contributed by atoms with Gasteiger partial charge in [0.15, 0.2) is 0 Å². The van der Waals surface area contributed by atoms with Gasteiger partial charge in [-0.25, -0.2) is 4.98 Å². The van der Waals surface area contributed by atoms with Crippen molar-refractivity contribution in [1.29, 1.82) is 0 Å². The highest BCUT2D eigenvalue weighted by Gasteiger charge is 2.06. The average Bonchev–Trinajstić information content (AvgIpc) is 2.85. The Balaban J connectivity index is 1.99. The van der Waals surface area contributed by atoms with Crippen LogP contribution in [0.5, 0.6) is 5.75 Å². The minimum atomic E-state index is 0.298. The summed E-state index contributed by atoms with van der Waals surface area (Å²) >= 11 is 1.63. The molecule has 3 nitrogen and oxygen atoms in total. The molecule has 0 fully saturated rings. The number of phenolic OH excluding ortho intramolecular Hbond substituents is 1. The van der Waals surface area contributed by atoms with Gasteiger partial charge in [-0.3, -0.25) is 0 Å². The summed E-state index contributed by atoms with van der Waals surface area (Å²) in [6.07, 6.45) is 2.87. The summed E-state index contributed by atoms with van der Waals surface area (Å²) in [5.41, 5.74) is 2.20. The van der Waals surface area contributed by atoms with Crippen molar-refractivity contribution in [3.63, 3.8) is 0 Å². The summed E-state index contributed by atoms with van der Waals surface area (Å²) in [4.78, 5) is 4.56. The van der Waals surface area contributed by atoms with Crippen molar-refractivity contribution in [3.05, 3.63) is 47.2 Å². The molecule has 4 heteroatoms. The number of hydrogen-bond donors (Lipinski definition) is 1. The minimum absolute atomic E-state index is 0.298. The fraction of sp³-hybridized carbons (Fsp3) is 0.154. The van der Waals surface area contributed by atoms with Crippen LogP contribution in [-0.4, -0.2) is 14.7 Å². The molecule has 86 valence electrons. The van der Waals surface area contributed by atoms with Crippen LogP contribution in [-0.2, 0) is 13.5 Å². The summed E-state index contributed by atoms with van der Waals surface area (Å²) in [5.74, 6) is 0.298. The van der Waals surface area contributed by atoms with Gasteiger partial charge < -0.3 is 9.67 Å². The number of benzene rings is 1. The zero-order valence-electron chi connectivity index (χ0n) is 9.42. The zero-order valence-corrected chi connectivity index (χ0v) is 10.2. The predicted molar refractivity (Wildman–Crippen MR) is 69.5 cm³/mol. The summed E-state index contributed by atoms with van der Waals surface area (Å²) in [7, 11) is 2.04. The molecule has 3 aromatic rings. The Bertz CT molecular complexity index is 669. The van der Waals surface area contributed by atoms with Crippen molar-refractivity contribution < 1.29 is 5.11 Å². The van der Waals surface area contributed by atoms with Gasteiger partial charge in [-0.15, -0.1) is 11.3 Å². The number of phenols is 1. The van der Waals surface area contributed by atoms with Gasteiger partial charge in [-0.2, -0.15) is 0 Å². The second-order valence-electron chi connectivity index (χ2n) is 4.05. The van der Waals surface area contributed by atoms with E-state index in [0.29, 0.717) is 5.75 Å². The second-order valence-corrected chi connectivity index (χ2v) is 5.16. The lowest BCUT2D eigenvalue weighted by atomic mass is 10.3. The maximum atomic E-state index is 9.42. The Morgan fingerprint density at radius 3 is 3.00 bits per heavy atom. The molecule has 0 aliphatic rings. The third-order valence-corrected chi connectivity index (χ3v) is 3.82. The first-order valence-corrected chi connectivity index (χ1v) is 6.23. The molecular formula is C13H12N2OS. The molecule has 0 aliphatic heterocycles. The number of hydrogen-bond acceptors (Lipinski definition) is 3. The van der Waals surface area contributed by atoms with E-state index in [-0.39, 0.29) is 0 Å². The van der Waals surface area contributed by atoms with E-state index in [2.05, 4.69) is 15.6 Å². The number of aryl methyl sites for hydroxylation is 1. The summed E-state index contributed by atoms with van der Waals surface area (Å²) in [5, 5.41) is 10.5. The number of aromatic nitrogens is 2. The highest BCUT2D eigenvalue weighted by molar-refractivity contribution is 7.18. The topological polar surface area (TPSA) is 38.0 Å². The van der Waals surface area contributed by atoms with Gasteiger partial charge >= 0.3 is 0 Å². The highest BCUT2D eigenvalue weighted by Crippen LogP contribution is 2.27. The summed E-state index contributed by atoms with van der Waals surface area (Å²) < 4.78 is 3.14. The number of fused-ring (bicyclic) bond motifs is 1. The van der Waals surface area contributed by atoms with E-state index in [1.54, 1.807) is 23.5 Å². The third-order valence-electron chi connectivity index (χ3n) is 2.80. The van der Waals surface area contributed by atoms with Crippen LogP contribution in [0.15, 0.2) is 36.5 Å². The molecule has 1 N–H and O–H groups in total. The largest absolute Gasteiger partial charge is 0.508 e. The molecule has 0 amide bonds. The van der Waals surface area contributed by atoms with Crippen LogP contribution >= 0.6 is 11.3 Å². The van der Waals surface area contributed by atoms with Gasteiger partial charge in [0.05, 0.1) is 15.2 Å². The maximum absolute atomic E-state index is 9.42. The highest BCUT2D eigenvalue weighted by atomic mass is 32.1. The summed E-state index contributed by atoms with van der Waals surface area (Å²) in [6.45, 7) is 0. The van der Waals surface area contributed by atoms with Gasteiger partial charge in [0, 0.05) is 25.4 Å². The Morgan fingerprint density at radius 1 is 1.35 bits per heavy atom. The molecule has 17 heavy (non-hydrogen) atoms. The average molecular weight is 244 g/mol. The Hall–Kier alpha value is -1.81. The fourth-order valence-electron chi connectivity index (χ4n) is 1.87. The van der Waals surface area contributed by atoms with Crippen molar-refractivity contribution >= 4 is 21.6 Å². The first-order valence-electron chi connectivity index (χ1n) is 5.41.